The minimum absolute atomic E-state index is 0.138. The van der Waals surface area contributed by atoms with Crippen LogP contribution in [0.4, 0.5) is 0 Å². The van der Waals surface area contributed by atoms with Crippen LogP contribution < -0.4 is 16.6 Å². The zero-order valence-corrected chi connectivity index (χ0v) is 14.6. The van der Waals surface area contributed by atoms with Crippen LogP contribution >= 0.6 is 11.3 Å². The quantitative estimate of drug-likeness (QED) is 0.723. The van der Waals surface area contributed by atoms with Gasteiger partial charge in [0.1, 0.15) is 11.3 Å². The summed E-state index contributed by atoms with van der Waals surface area (Å²) >= 11 is 1.53. The number of nitrogens with one attached hydrogen (secondary N) is 2. The van der Waals surface area contributed by atoms with Crippen molar-refractivity contribution < 1.29 is 4.79 Å². The van der Waals surface area contributed by atoms with Crippen molar-refractivity contribution in [1.82, 2.24) is 24.4 Å². The highest BCUT2D eigenvalue weighted by molar-refractivity contribution is 7.10. The number of carbonyl (C=O) groups is 1. The van der Waals surface area contributed by atoms with Crippen molar-refractivity contribution in [3.63, 3.8) is 0 Å². The van der Waals surface area contributed by atoms with E-state index in [9.17, 15) is 14.4 Å². The fourth-order valence-electron chi connectivity index (χ4n) is 2.45. The van der Waals surface area contributed by atoms with Gasteiger partial charge in [-0.3, -0.25) is 18.7 Å². The minimum Gasteiger partial charge on any atom is -0.345 e. The third-order valence-electron chi connectivity index (χ3n) is 4.09. The molecule has 126 valence electrons. The molecule has 3 aromatic rings. The van der Waals surface area contributed by atoms with E-state index >= 15 is 0 Å². The van der Waals surface area contributed by atoms with Crippen molar-refractivity contribution in [2.24, 2.45) is 14.1 Å². The van der Waals surface area contributed by atoms with Crippen LogP contribution in [0.25, 0.3) is 11.2 Å². The van der Waals surface area contributed by atoms with Crippen LogP contribution in [0.3, 0.4) is 0 Å². The van der Waals surface area contributed by atoms with E-state index in [1.807, 2.05) is 19.2 Å². The van der Waals surface area contributed by atoms with Gasteiger partial charge in [-0.2, -0.15) is 0 Å². The van der Waals surface area contributed by atoms with Gasteiger partial charge in [0.2, 0.25) is 0 Å². The number of hydrogen-bond acceptors (Lipinski definition) is 5. The van der Waals surface area contributed by atoms with Gasteiger partial charge in [-0.15, -0.1) is 11.3 Å². The van der Waals surface area contributed by atoms with Crippen molar-refractivity contribution in [2.45, 2.75) is 20.4 Å². The third-order valence-corrected chi connectivity index (χ3v) is 5.10. The lowest BCUT2D eigenvalue weighted by Gasteiger charge is -2.02. The lowest BCUT2D eigenvalue weighted by atomic mass is 10.2. The zero-order valence-electron chi connectivity index (χ0n) is 13.8. The summed E-state index contributed by atoms with van der Waals surface area (Å²) in [5.74, 6) is 0.223. The number of H-pyrrole nitrogens is 1. The second-order valence-electron chi connectivity index (χ2n) is 5.60. The van der Waals surface area contributed by atoms with E-state index in [-0.39, 0.29) is 23.6 Å². The van der Waals surface area contributed by atoms with Crippen molar-refractivity contribution in [2.75, 3.05) is 0 Å². The number of rotatable bonds is 3. The van der Waals surface area contributed by atoms with Crippen LogP contribution in [-0.2, 0) is 20.6 Å². The average Bonchev–Trinajstić information content (AvgIpc) is 3.13. The summed E-state index contributed by atoms with van der Waals surface area (Å²) in [6, 6.07) is 0. The molecule has 0 spiro atoms. The number of imidazole rings is 1. The van der Waals surface area contributed by atoms with Crippen LogP contribution in [0.15, 0.2) is 15.0 Å². The monoisotopic (exact) mass is 347 g/mol. The van der Waals surface area contributed by atoms with Gasteiger partial charge < -0.3 is 10.3 Å². The van der Waals surface area contributed by atoms with E-state index in [0.29, 0.717) is 11.4 Å². The summed E-state index contributed by atoms with van der Waals surface area (Å²) < 4.78 is 2.31. The van der Waals surface area contributed by atoms with E-state index in [1.165, 1.54) is 23.0 Å². The molecule has 2 N–H and O–H groups in total. The number of fused-ring (bicyclic) bond motifs is 1. The van der Waals surface area contributed by atoms with E-state index in [1.54, 1.807) is 7.05 Å². The number of amides is 1. The minimum atomic E-state index is -0.445. The van der Waals surface area contributed by atoms with Gasteiger partial charge in [0.25, 0.3) is 11.5 Å². The predicted octanol–water partition coefficient (Wildman–Crippen LogP) is 0.569. The molecule has 9 heteroatoms. The molecule has 3 heterocycles. The first-order valence-electron chi connectivity index (χ1n) is 7.28. The molecule has 0 saturated carbocycles. The van der Waals surface area contributed by atoms with Crippen LogP contribution in [0, 0.1) is 13.8 Å². The summed E-state index contributed by atoms with van der Waals surface area (Å²) in [7, 11) is 2.96. The maximum atomic E-state index is 12.2. The normalized spacial score (nSPS) is 11.2. The van der Waals surface area contributed by atoms with Crippen molar-refractivity contribution in [3.05, 3.63) is 48.0 Å². The Kier molecular flexibility index (Phi) is 3.88. The Balaban J connectivity index is 1.89. The van der Waals surface area contributed by atoms with Gasteiger partial charge in [-0.25, -0.2) is 9.78 Å². The average molecular weight is 347 g/mol. The van der Waals surface area contributed by atoms with E-state index in [4.69, 9.17) is 0 Å². The maximum Gasteiger partial charge on any atom is 0.332 e. The highest BCUT2D eigenvalue weighted by atomic mass is 32.1. The standard InChI is InChI=1S/C15H17N5O3S/c1-7-8(2)24-6-9(7)13(21)16-5-10-17-11-12(18-10)19(3)15(23)20(4)14(11)22/h6H,5H2,1-4H3,(H,16,21)(H,17,18). The Bertz CT molecular complexity index is 1070. The van der Waals surface area contributed by atoms with Crippen LogP contribution in [0.1, 0.15) is 26.6 Å². The Hall–Kier alpha value is -2.68. The summed E-state index contributed by atoms with van der Waals surface area (Å²) in [6.45, 7) is 4.01. The molecular weight excluding hydrogens is 330 g/mol. The van der Waals surface area contributed by atoms with Crippen LogP contribution in [0.2, 0.25) is 0 Å². The Morgan fingerprint density at radius 1 is 1.29 bits per heavy atom. The Labute approximate surface area is 140 Å². The number of aromatic amines is 1. The SMILES string of the molecule is Cc1scc(C(=O)NCc2nc3c([nH]2)c(=O)n(C)c(=O)n3C)c1C. The fraction of sp³-hybridized carbons (Fsp3) is 0.333. The molecule has 0 aliphatic heterocycles. The zero-order chi connectivity index (χ0) is 17.6. The summed E-state index contributed by atoms with van der Waals surface area (Å²) in [4.78, 5) is 44.5. The number of aromatic nitrogens is 4. The van der Waals surface area contributed by atoms with Gasteiger partial charge in [0.05, 0.1) is 12.1 Å². The summed E-state index contributed by atoms with van der Waals surface area (Å²) in [5, 5.41) is 4.59. The van der Waals surface area contributed by atoms with Crippen LogP contribution in [-0.4, -0.2) is 25.0 Å². The molecule has 0 aliphatic carbocycles. The molecule has 8 nitrogen and oxygen atoms in total. The molecule has 3 rings (SSSR count). The molecule has 24 heavy (non-hydrogen) atoms. The van der Waals surface area contributed by atoms with E-state index in [0.717, 1.165) is 15.0 Å². The molecule has 0 atom stereocenters. The lowest BCUT2D eigenvalue weighted by Crippen LogP contribution is -2.36. The van der Waals surface area contributed by atoms with Crippen molar-refractivity contribution >= 4 is 28.4 Å². The lowest BCUT2D eigenvalue weighted by molar-refractivity contribution is 0.0950. The fourth-order valence-corrected chi connectivity index (χ4v) is 3.32. The molecule has 0 aromatic carbocycles. The van der Waals surface area contributed by atoms with Crippen molar-refractivity contribution in [3.8, 4) is 0 Å². The molecule has 3 aromatic heterocycles. The highest BCUT2D eigenvalue weighted by Gasteiger charge is 2.15. The topological polar surface area (TPSA) is 102 Å². The predicted molar refractivity (Wildman–Crippen MR) is 91.5 cm³/mol. The summed E-state index contributed by atoms with van der Waals surface area (Å²) in [6.07, 6.45) is 0. The van der Waals surface area contributed by atoms with Gasteiger partial charge in [-0.05, 0) is 19.4 Å². The number of aryl methyl sites for hydroxylation is 2. The molecule has 0 saturated heterocycles. The Morgan fingerprint density at radius 3 is 2.62 bits per heavy atom. The highest BCUT2D eigenvalue weighted by Crippen LogP contribution is 2.20. The number of thiophene rings is 1. The smallest absolute Gasteiger partial charge is 0.332 e. The maximum absolute atomic E-state index is 12.2. The molecular formula is C15H17N5O3S. The first kappa shape index (κ1) is 16.2. The van der Waals surface area contributed by atoms with Gasteiger partial charge in [-0.1, -0.05) is 0 Å². The number of nitrogens with zero attached hydrogens (tertiary/aromatic N) is 3. The second-order valence-corrected chi connectivity index (χ2v) is 6.68. The Morgan fingerprint density at radius 2 is 2.00 bits per heavy atom. The molecule has 1 amide bonds. The largest absolute Gasteiger partial charge is 0.345 e. The first-order valence-corrected chi connectivity index (χ1v) is 8.16. The molecule has 0 bridgehead atoms. The third kappa shape index (κ3) is 2.46. The van der Waals surface area contributed by atoms with E-state index < -0.39 is 11.2 Å². The van der Waals surface area contributed by atoms with Gasteiger partial charge in [0.15, 0.2) is 5.65 Å². The molecule has 0 fully saturated rings. The molecule has 0 aliphatic rings. The van der Waals surface area contributed by atoms with E-state index in [2.05, 4.69) is 15.3 Å². The van der Waals surface area contributed by atoms with Crippen LogP contribution in [0.5, 0.6) is 0 Å². The first-order chi connectivity index (χ1) is 11.3. The van der Waals surface area contributed by atoms with Crippen molar-refractivity contribution in [1.29, 1.82) is 0 Å². The molecule has 0 radical (unpaired) electrons. The van der Waals surface area contributed by atoms with Gasteiger partial charge in [0, 0.05) is 24.4 Å². The number of hydrogen-bond donors (Lipinski definition) is 2. The second kappa shape index (κ2) is 5.75. The number of carbonyl (C=O) groups excluding carboxylic acids is 1. The summed E-state index contributed by atoms with van der Waals surface area (Å²) in [5.41, 5.74) is 1.22. The molecule has 0 unspecified atom stereocenters. The van der Waals surface area contributed by atoms with Gasteiger partial charge >= 0.3 is 5.69 Å².